The zero-order chi connectivity index (χ0) is 21.1. The van der Waals surface area contributed by atoms with Gasteiger partial charge in [0, 0.05) is 12.6 Å². The van der Waals surface area contributed by atoms with Crippen molar-refractivity contribution >= 4 is 11.9 Å². The highest BCUT2D eigenvalue weighted by Crippen LogP contribution is 2.42. The van der Waals surface area contributed by atoms with Crippen LogP contribution in [-0.2, 0) is 4.79 Å². The second-order valence-electron chi connectivity index (χ2n) is 8.23. The molecule has 2 aromatic carbocycles. The zero-order valence-corrected chi connectivity index (χ0v) is 17.2. The predicted octanol–water partition coefficient (Wildman–Crippen LogP) is 3.49. The minimum absolute atomic E-state index is 0.0525. The molecule has 4 rings (SSSR count). The van der Waals surface area contributed by atoms with Crippen molar-refractivity contribution in [3.8, 4) is 5.75 Å². The lowest BCUT2D eigenvalue weighted by Crippen LogP contribution is -2.51. The molecule has 1 saturated heterocycles. The first-order valence-corrected chi connectivity index (χ1v) is 10.6. The number of carboxylic acid groups (broad SMARTS) is 1. The highest BCUT2D eigenvalue weighted by molar-refractivity contribution is 5.87. The van der Waals surface area contributed by atoms with Crippen molar-refractivity contribution in [1.29, 1.82) is 0 Å². The van der Waals surface area contributed by atoms with E-state index < -0.39 is 5.97 Å². The van der Waals surface area contributed by atoms with Crippen LogP contribution in [0.1, 0.15) is 48.1 Å². The van der Waals surface area contributed by atoms with Crippen molar-refractivity contribution in [2.45, 2.75) is 44.3 Å². The van der Waals surface area contributed by atoms with Crippen LogP contribution in [0.4, 0.5) is 0 Å². The molecule has 1 unspecified atom stereocenters. The fourth-order valence-corrected chi connectivity index (χ4v) is 4.85. The Kier molecular flexibility index (Phi) is 6.04. The molecule has 1 aliphatic heterocycles. The fraction of sp³-hybridized carbons (Fsp3) is 0.417. The number of nitrogens with one attached hydrogen (secondary N) is 1. The highest BCUT2D eigenvalue weighted by Gasteiger charge is 2.49. The summed E-state index contributed by atoms with van der Waals surface area (Å²) < 4.78 is 5.86. The van der Waals surface area contributed by atoms with E-state index in [1.807, 2.05) is 37.3 Å². The normalized spacial score (nSPS) is 23.8. The van der Waals surface area contributed by atoms with Gasteiger partial charge in [-0.25, -0.2) is 4.79 Å². The van der Waals surface area contributed by atoms with E-state index in [4.69, 9.17) is 9.84 Å². The molecule has 0 radical (unpaired) electrons. The number of amides is 1. The monoisotopic (exact) mass is 408 g/mol. The number of ether oxygens (including phenoxy) is 1. The molecule has 2 N–H and O–H groups in total. The molecule has 2 aromatic rings. The molecule has 158 valence electrons. The van der Waals surface area contributed by atoms with E-state index in [-0.39, 0.29) is 23.6 Å². The minimum Gasteiger partial charge on any atom is -0.492 e. The Hall–Kier alpha value is -2.86. The molecule has 0 aromatic heterocycles. The number of carbonyl (C=O) groups excluding carboxylic acids is 1. The molecule has 2 aliphatic rings. The maximum Gasteiger partial charge on any atom is 0.335 e. The topological polar surface area (TPSA) is 78.9 Å². The quantitative estimate of drug-likeness (QED) is 0.699. The van der Waals surface area contributed by atoms with Crippen LogP contribution in [0.25, 0.3) is 0 Å². The summed E-state index contributed by atoms with van der Waals surface area (Å²) in [4.78, 5) is 26.5. The van der Waals surface area contributed by atoms with Gasteiger partial charge in [-0.2, -0.15) is 0 Å². The van der Waals surface area contributed by atoms with E-state index in [2.05, 4.69) is 10.2 Å². The summed E-state index contributed by atoms with van der Waals surface area (Å²) in [5.74, 6) is 0.347. The predicted molar refractivity (Wildman–Crippen MR) is 114 cm³/mol. The van der Waals surface area contributed by atoms with Gasteiger partial charge in [0.15, 0.2) is 0 Å². The molecule has 2 bridgehead atoms. The van der Waals surface area contributed by atoms with Crippen molar-refractivity contribution in [3.05, 3.63) is 65.7 Å². The van der Waals surface area contributed by atoms with Gasteiger partial charge in [0.1, 0.15) is 12.4 Å². The van der Waals surface area contributed by atoms with Crippen molar-refractivity contribution in [1.82, 2.24) is 10.2 Å². The van der Waals surface area contributed by atoms with Gasteiger partial charge in [-0.15, -0.1) is 0 Å². The average Bonchev–Trinajstić information content (AvgIpc) is 3.36. The lowest BCUT2D eigenvalue weighted by atomic mass is 9.97. The van der Waals surface area contributed by atoms with E-state index in [0.717, 1.165) is 37.1 Å². The molecule has 30 heavy (non-hydrogen) atoms. The molecule has 4 atom stereocenters. The molecular formula is C24H28N2O4. The Morgan fingerprint density at radius 2 is 1.87 bits per heavy atom. The number of rotatable bonds is 8. The maximum atomic E-state index is 13.1. The van der Waals surface area contributed by atoms with Gasteiger partial charge >= 0.3 is 5.97 Å². The first kappa shape index (κ1) is 20.4. The second-order valence-corrected chi connectivity index (χ2v) is 8.23. The van der Waals surface area contributed by atoms with Crippen LogP contribution in [-0.4, -0.2) is 47.1 Å². The number of hydrogen-bond donors (Lipinski definition) is 2. The van der Waals surface area contributed by atoms with Crippen molar-refractivity contribution in [2.24, 2.45) is 5.92 Å². The van der Waals surface area contributed by atoms with E-state index in [0.29, 0.717) is 18.6 Å². The Morgan fingerprint density at radius 3 is 2.57 bits per heavy atom. The van der Waals surface area contributed by atoms with Gasteiger partial charge in [0.05, 0.1) is 17.6 Å². The smallest absolute Gasteiger partial charge is 0.335 e. The Bertz CT molecular complexity index is 884. The molecule has 0 spiro atoms. The number of piperidine rings is 1. The SMILES string of the molecule is C[C@H](NC(=O)[C@H]1[C@@H]2CCC(C2)N1CCOc1ccccc1)c1ccc(C(=O)O)cc1. The molecule has 1 heterocycles. The third-order valence-electron chi connectivity index (χ3n) is 6.36. The van der Waals surface area contributed by atoms with Gasteiger partial charge in [-0.1, -0.05) is 30.3 Å². The minimum atomic E-state index is -0.950. The highest BCUT2D eigenvalue weighted by atomic mass is 16.5. The summed E-state index contributed by atoms with van der Waals surface area (Å²) in [5.41, 5.74) is 1.14. The molecule has 6 heteroatoms. The summed E-state index contributed by atoms with van der Waals surface area (Å²) in [5, 5.41) is 12.2. The summed E-state index contributed by atoms with van der Waals surface area (Å²) in [6, 6.07) is 16.6. The maximum absolute atomic E-state index is 13.1. The van der Waals surface area contributed by atoms with Crippen molar-refractivity contribution in [3.63, 3.8) is 0 Å². The third kappa shape index (κ3) is 4.33. The Labute approximate surface area is 176 Å². The largest absolute Gasteiger partial charge is 0.492 e. The number of fused-ring (bicyclic) bond motifs is 2. The molecule has 6 nitrogen and oxygen atoms in total. The van der Waals surface area contributed by atoms with Gasteiger partial charge in [-0.3, -0.25) is 9.69 Å². The van der Waals surface area contributed by atoms with Gasteiger partial charge in [-0.05, 0) is 61.9 Å². The molecular weight excluding hydrogens is 380 g/mol. The fourth-order valence-electron chi connectivity index (χ4n) is 4.85. The first-order valence-electron chi connectivity index (χ1n) is 10.6. The van der Waals surface area contributed by atoms with E-state index in [1.165, 1.54) is 0 Å². The van der Waals surface area contributed by atoms with E-state index in [9.17, 15) is 9.59 Å². The van der Waals surface area contributed by atoms with E-state index in [1.54, 1.807) is 24.3 Å². The van der Waals surface area contributed by atoms with Crippen LogP contribution in [0.3, 0.4) is 0 Å². The van der Waals surface area contributed by atoms with Crippen LogP contribution in [0, 0.1) is 5.92 Å². The Balaban J connectivity index is 1.36. The number of para-hydroxylation sites is 1. The summed E-state index contributed by atoms with van der Waals surface area (Å²) >= 11 is 0. The molecule has 1 amide bonds. The van der Waals surface area contributed by atoms with E-state index >= 15 is 0 Å². The number of hydrogen-bond acceptors (Lipinski definition) is 4. The van der Waals surface area contributed by atoms with Crippen molar-refractivity contribution in [2.75, 3.05) is 13.2 Å². The molecule has 1 saturated carbocycles. The summed E-state index contributed by atoms with van der Waals surface area (Å²) in [6.45, 7) is 3.22. The number of benzene rings is 2. The summed E-state index contributed by atoms with van der Waals surface area (Å²) in [7, 11) is 0. The second kappa shape index (κ2) is 8.88. The number of carboxylic acids is 1. The lowest BCUT2D eigenvalue weighted by Gasteiger charge is -2.34. The average molecular weight is 408 g/mol. The van der Waals surface area contributed by atoms with Crippen LogP contribution in [0.5, 0.6) is 5.75 Å². The van der Waals surface area contributed by atoms with Gasteiger partial charge in [0.25, 0.3) is 0 Å². The van der Waals surface area contributed by atoms with Crippen molar-refractivity contribution < 1.29 is 19.4 Å². The van der Waals surface area contributed by atoms with Crippen LogP contribution in [0.15, 0.2) is 54.6 Å². The van der Waals surface area contributed by atoms with Gasteiger partial charge < -0.3 is 15.2 Å². The molecule has 2 fully saturated rings. The number of nitrogens with zero attached hydrogens (tertiary/aromatic N) is 1. The Morgan fingerprint density at radius 1 is 1.13 bits per heavy atom. The number of carbonyl (C=O) groups is 2. The van der Waals surface area contributed by atoms with Gasteiger partial charge in [0.2, 0.25) is 5.91 Å². The third-order valence-corrected chi connectivity index (χ3v) is 6.36. The molecule has 1 aliphatic carbocycles. The number of aromatic carboxylic acids is 1. The van der Waals surface area contributed by atoms with Crippen LogP contribution < -0.4 is 10.1 Å². The lowest BCUT2D eigenvalue weighted by molar-refractivity contribution is -0.128. The number of likely N-dealkylation sites (tertiary alicyclic amines) is 1. The van der Waals surface area contributed by atoms with Crippen LogP contribution >= 0.6 is 0 Å². The van der Waals surface area contributed by atoms with Crippen LogP contribution in [0.2, 0.25) is 0 Å². The zero-order valence-electron chi connectivity index (χ0n) is 17.2. The first-order chi connectivity index (χ1) is 14.5. The standard InChI is InChI=1S/C24H28N2O4/c1-16(17-7-9-18(10-8-17)24(28)29)25-23(27)22-19-11-12-20(15-19)26(22)13-14-30-21-5-3-2-4-6-21/h2-10,16,19-20,22H,11-15H2,1H3,(H,25,27)(H,28,29)/t16-,19+,20?,22+/m0/s1. The summed E-state index contributed by atoms with van der Waals surface area (Å²) in [6.07, 6.45) is 3.32.